The van der Waals surface area contributed by atoms with Crippen LogP contribution in [0.15, 0.2) is 79.3 Å². The molecule has 5 nitrogen and oxygen atoms in total. The Labute approximate surface area is 187 Å². The molecule has 162 valence electrons. The second kappa shape index (κ2) is 8.93. The number of pyridine rings is 1. The van der Waals surface area contributed by atoms with Crippen molar-refractivity contribution in [2.24, 2.45) is 0 Å². The Bertz CT molecular complexity index is 1170. The molecule has 0 saturated carbocycles. The molecule has 0 aliphatic carbocycles. The number of rotatable bonds is 5. The van der Waals surface area contributed by atoms with Gasteiger partial charge in [0.1, 0.15) is 11.6 Å². The third kappa shape index (κ3) is 4.14. The summed E-state index contributed by atoms with van der Waals surface area (Å²) in [5.41, 5.74) is 5.73. The number of nitrogens with one attached hydrogen (secondary N) is 1. The third-order valence-corrected chi connectivity index (χ3v) is 6.11. The Morgan fingerprint density at radius 2 is 1.75 bits per heavy atom. The van der Waals surface area contributed by atoms with Gasteiger partial charge < -0.3 is 4.90 Å². The number of aromatic amines is 1. The Kier molecular flexibility index (Phi) is 5.69. The Morgan fingerprint density at radius 1 is 0.938 bits per heavy atom. The number of anilines is 1. The van der Waals surface area contributed by atoms with Gasteiger partial charge in [-0.25, -0.2) is 9.37 Å². The fraction of sp³-hybridized carbons (Fsp3) is 0.231. The van der Waals surface area contributed by atoms with Crippen LogP contribution < -0.4 is 4.90 Å². The summed E-state index contributed by atoms with van der Waals surface area (Å²) in [6.45, 7) is 5.68. The van der Waals surface area contributed by atoms with Gasteiger partial charge in [-0.1, -0.05) is 42.0 Å². The SMILES string of the molecule is Cc1cccc(C(c2cn[nH]c2)N2CCN(c3ncccc3-c3ccc(F)cc3)CC2)c1. The molecule has 3 heterocycles. The zero-order valence-corrected chi connectivity index (χ0v) is 18.1. The predicted octanol–water partition coefficient (Wildman–Crippen LogP) is 4.83. The van der Waals surface area contributed by atoms with Crippen LogP contribution in [0.1, 0.15) is 22.7 Å². The van der Waals surface area contributed by atoms with Gasteiger partial charge in [0.15, 0.2) is 0 Å². The van der Waals surface area contributed by atoms with Crippen LogP contribution >= 0.6 is 0 Å². The number of aromatic nitrogens is 3. The molecule has 0 amide bonds. The number of benzene rings is 2. The van der Waals surface area contributed by atoms with Gasteiger partial charge in [-0.2, -0.15) is 5.10 Å². The highest BCUT2D eigenvalue weighted by Crippen LogP contribution is 2.33. The predicted molar refractivity (Wildman–Crippen MR) is 125 cm³/mol. The fourth-order valence-corrected chi connectivity index (χ4v) is 4.56. The number of halogens is 1. The van der Waals surface area contributed by atoms with Crippen molar-refractivity contribution < 1.29 is 4.39 Å². The van der Waals surface area contributed by atoms with Gasteiger partial charge in [0.2, 0.25) is 0 Å². The van der Waals surface area contributed by atoms with Crippen molar-refractivity contribution in [3.05, 3.63) is 102 Å². The van der Waals surface area contributed by atoms with Crippen LogP contribution in [-0.4, -0.2) is 46.3 Å². The molecule has 0 bridgehead atoms. The summed E-state index contributed by atoms with van der Waals surface area (Å²) in [6.07, 6.45) is 5.74. The minimum absolute atomic E-state index is 0.163. The van der Waals surface area contributed by atoms with E-state index in [1.54, 1.807) is 0 Å². The first-order valence-corrected chi connectivity index (χ1v) is 10.9. The summed E-state index contributed by atoms with van der Waals surface area (Å²) in [7, 11) is 0. The van der Waals surface area contributed by atoms with E-state index in [4.69, 9.17) is 0 Å². The van der Waals surface area contributed by atoms with Crippen LogP contribution in [0.25, 0.3) is 11.1 Å². The molecule has 2 aromatic carbocycles. The second-order valence-electron chi connectivity index (χ2n) is 8.25. The molecule has 4 aromatic rings. The molecule has 2 aromatic heterocycles. The maximum Gasteiger partial charge on any atom is 0.136 e. The van der Waals surface area contributed by atoms with Crippen LogP contribution in [0.2, 0.25) is 0 Å². The number of hydrogen-bond acceptors (Lipinski definition) is 4. The first-order chi connectivity index (χ1) is 15.7. The molecule has 0 radical (unpaired) electrons. The van der Waals surface area contributed by atoms with Gasteiger partial charge in [0.25, 0.3) is 0 Å². The largest absolute Gasteiger partial charge is 0.354 e. The molecule has 6 heteroatoms. The van der Waals surface area contributed by atoms with E-state index in [2.05, 4.69) is 62.2 Å². The minimum atomic E-state index is -0.228. The lowest BCUT2D eigenvalue weighted by Crippen LogP contribution is -2.48. The minimum Gasteiger partial charge on any atom is -0.354 e. The Hall–Kier alpha value is -3.51. The van der Waals surface area contributed by atoms with E-state index in [1.807, 2.05) is 36.8 Å². The molecule has 32 heavy (non-hydrogen) atoms. The normalized spacial score (nSPS) is 15.6. The summed E-state index contributed by atoms with van der Waals surface area (Å²) in [4.78, 5) is 9.53. The molecule has 1 fully saturated rings. The highest BCUT2D eigenvalue weighted by atomic mass is 19.1. The molecule has 1 aliphatic heterocycles. The fourth-order valence-electron chi connectivity index (χ4n) is 4.56. The van der Waals surface area contributed by atoms with Crippen LogP contribution in [0.5, 0.6) is 0 Å². The van der Waals surface area contributed by atoms with E-state index in [0.29, 0.717) is 0 Å². The summed E-state index contributed by atoms with van der Waals surface area (Å²) < 4.78 is 13.4. The smallest absolute Gasteiger partial charge is 0.136 e. The van der Waals surface area contributed by atoms with Gasteiger partial charge in [-0.05, 0) is 42.3 Å². The third-order valence-electron chi connectivity index (χ3n) is 6.11. The average Bonchev–Trinajstić information content (AvgIpc) is 3.35. The van der Waals surface area contributed by atoms with Crippen LogP contribution in [0, 0.1) is 12.7 Å². The Balaban J connectivity index is 1.39. The molecule has 0 spiro atoms. The number of H-pyrrole nitrogens is 1. The lowest BCUT2D eigenvalue weighted by molar-refractivity contribution is 0.212. The van der Waals surface area contributed by atoms with Gasteiger partial charge in [0, 0.05) is 49.7 Å². The summed E-state index contributed by atoms with van der Waals surface area (Å²) in [6, 6.07) is 19.5. The summed E-state index contributed by atoms with van der Waals surface area (Å²) in [5.74, 6) is 0.725. The van der Waals surface area contributed by atoms with Crippen molar-refractivity contribution in [2.75, 3.05) is 31.1 Å². The quantitative estimate of drug-likeness (QED) is 0.496. The maximum absolute atomic E-state index is 13.4. The van der Waals surface area contributed by atoms with Gasteiger partial charge >= 0.3 is 0 Å². The first kappa shape index (κ1) is 20.4. The summed E-state index contributed by atoms with van der Waals surface area (Å²) >= 11 is 0. The van der Waals surface area contributed by atoms with Gasteiger partial charge in [-0.3, -0.25) is 10.00 Å². The van der Waals surface area contributed by atoms with Crippen LogP contribution in [0.3, 0.4) is 0 Å². The second-order valence-corrected chi connectivity index (χ2v) is 8.25. The molecule has 1 atom stereocenters. The van der Waals surface area contributed by atoms with Crippen molar-refractivity contribution in [3.63, 3.8) is 0 Å². The van der Waals surface area contributed by atoms with Crippen molar-refractivity contribution in [1.82, 2.24) is 20.1 Å². The van der Waals surface area contributed by atoms with Crippen molar-refractivity contribution in [2.45, 2.75) is 13.0 Å². The van der Waals surface area contributed by atoms with Crippen molar-refractivity contribution >= 4 is 5.82 Å². The monoisotopic (exact) mass is 427 g/mol. The van der Waals surface area contributed by atoms with Crippen molar-refractivity contribution in [3.8, 4) is 11.1 Å². The van der Waals surface area contributed by atoms with Gasteiger partial charge in [0.05, 0.1) is 12.2 Å². The average molecular weight is 428 g/mol. The molecule has 1 N–H and O–H groups in total. The van der Waals surface area contributed by atoms with E-state index in [1.165, 1.54) is 28.8 Å². The number of nitrogens with zero attached hydrogens (tertiary/aromatic N) is 4. The molecular formula is C26H26FN5. The molecule has 5 rings (SSSR count). The number of piperazine rings is 1. The zero-order valence-electron chi connectivity index (χ0n) is 18.1. The number of aryl methyl sites for hydroxylation is 1. The van der Waals surface area contributed by atoms with Crippen LogP contribution in [-0.2, 0) is 0 Å². The lowest BCUT2D eigenvalue weighted by atomic mass is 9.97. The van der Waals surface area contributed by atoms with E-state index < -0.39 is 0 Å². The molecular weight excluding hydrogens is 401 g/mol. The van der Waals surface area contributed by atoms with E-state index in [-0.39, 0.29) is 11.9 Å². The topological polar surface area (TPSA) is 48.1 Å². The van der Waals surface area contributed by atoms with Crippen LogP contribution in [0.4, 0.5) is 10.2 Å². The zero-order chi connectivity index (χ0) is 21.9. The highest BCUT2D eigenvalue weighted by Gasteiger charge is 2.28. The van der Waals surface area contributed by atoms with E-state index >= 15 is 0 Å². The van der Waals surface area contributed by atoms with Crippen molar-refractivity contribution in [1.29, 1.82) is 0 Å². The Morgan fingerprint density at radius 3 is 2.47 bits per heavy atom. The summed E-state index contributed by atoms with van der Waals surface area (Å²) in [5, 5.41) is 7.18. The lowest BCUT2D eigenvalue weighted by Gasteiger charge is -2.40. The molecule has 1 aliphatic rings. The highest BCUT2D eigenvalue weighted by molar-refractivity contribution is 5.75. The molecule has 1 unspecified atom stereocenters. The van der Waals surface area contributed by atoms with Gasteiger partial charge in [-0.15, -0.1) is 0 Å². The maximum atomic E-state index is 13.4. The molecule has 1 saturated heterocycles. The number of hydrogen-bond donors (Lipinski definition) is 1. The van der Waals surface area contributed by atoms with E-state index in [9.17, 15) is 4.39 Å². The standard InChI is InChI=1S/C26H26FN5/c1-19-4-2-5-21(16-19)25(22-17-29-30-18-22)31-12-14-32(15-13-31)26-24(6-3-11-28-26)20-7-9-23(27)10-8-20/h2-11,16-18,25H,12-15H2,1H3,(H,29,30). The van der Waals surface area contributed by atoms with E-state index in [0.717, 1.165) is 43.1 Å². The first-order valence-electron chi connectivity index (χ1n) is 10.9.